The SMILES string of the molecule is COC(=O)c1ccc2c(c1)[C@@]1(C=C(N)NC1)c1cc(OCC(C)(C)C)ccc1O2. The third-order valence-corrected chi connectivity index (χ3v) is 5.18. The maximum atomic E-state index is 12.1. The molecular weight excluding hydrogens is 368 g/mol. The van der Waals surface area contributed by atoms with Crippen molar-refractivity contribution in [1.82, 2.24) is 5.32 Å². The zero-order valence-corrected chi connectivity index (χ0v) is 17.2. The summed E-state index contributed by atoms with van der Waals surface area (Å²) in [5.41, 5.74) is 7.90. The fourth-order valence-electron chi connectivity index (χ4n) is 3.77. The van der Waals surface area contributed by atoms with Crippen LogP contribution in [0.1, 0.15) is 42.3 Å². The van der Waals surface area contributed by atoms with Crippen molar-refractivity contribution in [2.24, 2.45) is 11.1 Å². The van der Waals surface area contributed by atoms with E-state index in [-0.39, 0.29) is 11.4 Å². The van der Waals surface area contributed by atoms with Gasteiger partial charge in [0.15, 0.2) is 0 Å². The van der Waals surface area contributed by atoms with Gasteiger partial charge in [-0.2, -0.15) is 0 Å². The summed E-state index contributed by atoms with van der Waals surface area (Å²) in [6, 6.07) is 11.2. The molecule has 6 heteroatoms. The van der Waals surface area contributed by atoms with E-state index in [1.54, 1.807) is 12.1 Å². The number of hydrogen-bond donors (Lipinski definition) is 2. The highest BCUT2D eigenvalue weighted by molar-refractivity contribution is 5.90. The first-order valence-electron chi connectivity index (χ1n) is 9.62. The number of hydrogen-bond acceptors (Lipinski definition) is 6. The molecule has 2 aliphatic rings. The van der Waals surface area contributed by atoms with Crippen LogP contribution in [0.4, 0.5) is 0 Å². The van der Waals surface area contributed by atoms with Crippen LogP contribution in [0.5, 0.6) is 17.2 Å². The molecule has 0 saturated carbocycles. The summed E-state index contributed by atoms with van der Waals surface area (Å²) in [4.78, 5) is 12.1. The van der Waals surface area contributed by atoms with Crippen molar-refractivity contribution in [1.29, 1.82) is 0 Å². The predicted octanol–water partition coefficient (Wildman–Crippen LogP) is 3.69. The Morgan fingerprint density at radius 2 is 1.86 bits per heavy atom. The zero-order chi connectivity index (χ0) is 20.8. The number of ether oxygens (including phenoxy) is 3. The largest absolute Gasteiger partial charge is 0.493 e. The molecule has 29 heavy (non-hydrogen) atoms. The lowest BCUT2D eigenvalue weighted by molar-refractivity contribution is 0.0600. The molecule has 152 valence electrons. The van der Waals surface area contributed by atoms with Gasteiger partial charge in [0.1, 0.15) is 17.2 Å². The highest BCUT2D eigenvalue weighted by Gasteiger charge is 2.44. The van der Waals surface area contributed by atoms with Gasteiger partial charge in [-0.05, 0) is 47.9 Å². The third kappa shape index (κ3) is 3.39. The van der Waals surface area contributed by atoms with E-state index in [0.29, 0.717) is 30.3 Å². The molecule has 1 atom stereocenters. The molecule has 2 aliphatic heterocycles. The molecule has 0 bridgehead atoms. The average Bonchev–Trinajstić information content (AvgIpc) is 3.08. The quantitative estimate of drug-likeness (QED) is 0.773. The van der Waals surface area contributed by atoms with Crippen LogP contribution in [0, 0.1) is 5.41 Å². The zero-order valence-electron chi connectivity index (χ0n) is 17.2. The highest BCUT2D eigenvalue weighted by Crippen LogP contribution is 2.51. The Morgan fingerprint density at radius 3 is 2.48 bits per heavy atom. The maximum absolute atomic E-state index is 12.1. The molecule has 2 heterocycles. The Morgan fingerprint density at radius 1 is 1.17 bits per heavy atom. The normalized spacial score (nSPS) is 19.5. The van der Waals surface area contributed by atoms with E-state index in [1.165, 1.54) is 7.11 Å². The minimum Gasteiger partial charge on any atom is -0.493 e. The van der Waals surface area contributed by atoms with Gasteiger partial charge < -0.3 is 25.3 Å². The Kier molecular flexibility index (Phi) is 4.45. The monoisotopic (exact) mass is 394 g/mol. The summed E-state index contributed by atoms with van der Waals surface area (Å²) in [6.07, 6.45) is 1.99. The van der Waals surface area contributed by atoms with Crippen LogP contribution in [-0.4, -0.2) is 26.2 Å². The number of esters is 1. The molecule has 1 spiro atoms. The predicted molar refractivity (Wildman–Crippen MR) is 110 cm³/mol. The standard InChI is InChI=1S/C23H26N2O4/c1-22(2,3)13-28-15-6-8-19-17(10-15)23(11-20(24)25-12-23)16-9-14(21(26)27-4)5-7-18(16)29-19/h5-11,25H,12-13,24H2,1-4H3/t23-/m0/s1. The van der Waals surface area contributed by atoms with Crippen molar-refractivity contribution in [3.63, 3.8) is 0 Å². The molecule has 0 fully saturated rings. The van der Waals surface area contributed by atoms with Crippen LogP contribution < -0.4 is 20.5 Å². The van der Waals surface area contributed by atoms with Gasteiger partial charge in [0.05, 0.1) is 30.5 Å². The molecule has 3 N–H and O–H groups in total. The van der Waals surface area contributed by atoms with E-state index in [0.717, 1.165) is 22.6 Å². The van der Waals surface area contributed by atoms with Crippen molar-refractivity contribution < 1.29 is 19.0 Å². The second-order valence-corrected chi connectivity index (χ2v) is 8.74. The number of nitrogens with one attached hydrogen (secondary N) is 1. The number of rotatable bonds is 3. The fraction of sp³-hybridized carbons (Fsp3) is 0.348. The van der Waals surface area contributed by atoms with E-state index in [1.807, 2.05) is 30.3 Å². The Labute approximate surface area is 170 Å². The molecule has 0 aliphatic carbocycles. The summed E-state index contributed by atoms with van der Waals surface area (Å²) in [6.45, 7) is 7.55. The second kappa shape index (κ2) is 6.72. The molecule has 2 aromatic carbocycles. The first-order valence-corrected chi connectivity index (χ1v) is 9.62. The summed E-state index contributed by atoms with van der Waals surface area (Å²) < 4.78 is 17.1. The number of nitrogens with two attached hydrogens (primary N) is 1. The van der Waals surface area contributed by atoms with Crippen molar-refractivity contribution in [3.8, 4) is 17.2 Å². The number of carbonyl (C=O) groups is 1. The number of carbonyl (C=O) groups excluding carboxylic acids is 1. The van der Waals surface area contributed by atoms with Crippen molar-refractivity contribution in [2.45, 2.75) is 26.2 Å². The smallest absolute Gasteiger partial charge is 0.337 e. The lowest BCUT2D eigenvalue weighted by Gasteiger charge is -2.36. The Hall–Kier alpha value is -3.15. The van der Waals surface area contributed by atoms with Crippen molar-refractivity contribution >= 4 is 5.97 Å². The average molecular weight is 394 g/mol. The van der Waals surface area contributed by atoms with Crippen LogP contribution in [-0.2, 0) is 10.2 Å². The van der Waals surface area contributed by atoms with Gasteiger partial charge in [0.2, 0.25) is 0 Å². The van der Waals surface area contributed by atoms with Crippen LogP contribution in [0.15, 0.2) is 48.3 Å². The molecule has 6 nitrogen and oxygen atoms in total. The van der Waals surface area contributed by atoms with Gasteiger partial charge in [0.25, 0.3) is 0 Å². The van der Waals surface area contributed by atoms with Gasteiger partial charge in [-0.1, -0.05) is 20.8 Å². The molecule has 2 aromatic rings. The van der Waals surface area contributed by atoms with Gasteiger partial charge >= 0.3 is 5.97 Å². The second-order valence-electron chi connectivity index (χ2n) is 8.74. The number of methoxy groups -OCH3 is 1. The summed E-state index contributed by atoms with van der Waals surface area (Å²) in [5.74, 6) is 2.42. The third-order valence-electron chi connectivity index (χ3n) is 5.18. The Bertz CT molecular complexity index is 1010. The van der Waals surface area contributed by atoms with Gasteiger partial charge in [-0.3, -0.25) is 0 Å². The van der Waals surface area contributed by atoms with E-state index in [2.05, 4.69) is 26.1 Å². The molecule has 0 saturated heterocycles. The Balaban J connectivity index is 1.83. The van der Waals surface area contributed by atoms with Crippen molar-refractivity contribution in [3.05, 3.63) is 65.0 Å². The van der Waals surface area contributed by atoms with Gasteiger partial charge in [-0.25, -0.2) is 4.79 Å². The molecule has 0 aromatic heterocycles. The lowest BCUT2D eigenvalue weighted by Crippen LogP contribution is -2.34. The summed E-state index contributed by atoms with van der Waals surface area (Å²) >= 11 is 0. The topological polar surface area (TPSA) is 82.8 Å². The van der Waals surface area contributed by atoms with E-state index in [4.69, 9.17) is 19.9 Å². The molecule has 0 amide bonds. The number of benzene rings is 2. The van der Waals surface area contributed by atoms with Gasteiger partial charge in [-0.15, -0.1) is 0 Å². The van der Waals surface area contributed by atoms with Crippen LogP contribution in [0.25, 0.3) is 0 Å². The molecule has 4 rings (SSSR count). The highest BCUT2D eigenvalue weighted by atomic mass is 16.5. The van der Waals surface area contributed by atoms with Crippen LogP contribution >= 0.6 is 0 Å². The summed E-state index contributed by atoms with van der Waals surface area (Å²) in [5, 5.41) is 3.23. The first-order chi connectivity index (χ1) is 13.7. The first kappa shape index (κ1) is 19.2. The molecule has 0 unspecified atom stereocenters. The maximum Gasteiger partial charge on any atom is 0.337 e. The minimum atomic E-state index is -0.557. The molecular formula is C23H26N2O4. The van der Waals surface area contributed by atoms with Crippen molar-refractivity contribution in [2.75, 3.05) is 20.3 Å². The van der Waals surface area contributed by atoms with Crippen LogP contribution in [0.2, 0.25) is 0 Å². The van der Waals surface area contributed by atoms with E-state index >= 15 is 0 Å². The number of fused-ring (bicyclic) bond motifs is 4. The fourth-order valence-corrected chi connectivity index (χ4v) is 3.77. The van der Waals surface area contributed by atoms with Gasteiger partial charge in [0, 0.05) is 17.7 Å². The lowest BCUT2D eigenvalue weighted by atomic mass is 9.72. The van der Waals surface area contributed by atoms with E-state index < -0.39 is 5.41 Å². The minimum absolute atomic E-state index is 0.0470. The molecule has 0 radical (unpaired) electrons. The van der Waals surface area contributed by atoms with Crippen LogP contribution in [0.3, 0.4) is 0 Å². The van der Waals surface area contributed by atoms with E-state index in [9.17, 15) is 4.79 Å². The summed E-state index contributed by atoms with van der Waals surface area (Å²) in [7, 11) is 1.37.